The number of carboxylic acids is 1. The predicted octanol–water partition coefficient (Wildman–Crippen LogP) is 0.606. The van der Waals surface area contributed by atoms with Crippen LogP contribution < -0.4 is 5.73 Å². The fourth-order valence-corrected chi connectivity index (χ4v) is 2.99. The predicted molar refractivity (Wildman–Crippen MR) is 63.8 cm³/mol. The zero-order valence-electron chi connectivity index (χ0n) is 9.42. The van der Waals surface area contributed by atoms with Gasteiger partial charge in [0.1, 0.15) is 0 Å². The first-order valence-corrected chi connectivity index (χ1v) is 6.25. The molecule has 2 heterocycles. The number of amides is 1. The zero-order chi connectivity index (χ0) is 12.6. The summed E-state index contributed by atoms with van der Waals surface area (Å²) < 4.78 is 0. The molecule has 2 atom stereocenters. The Morgan fingerprint density at radius 2 is 2.35 bits per heavy atom. The molecule has 2 rings (SSSR count). The van der Waals surface area contributed by atoms with Crippen LogP contribution in [0.3, 0.4) is 0 Å². The molecule has 92 valence electrons. The highest BCUT2D eigenvalue weighted by molar-refractivity contribution is 7.10. The smallest absolute Gasteiger partial charge is 0.331 e. The van der Waals surface area contributed by atoms with Crippen molar-refractivity contribution in [2.24, 2.45) is 5.73 Å². The molecule has 0 aliphatic carbocycles. The van der Waals surface area contributed by atoms with Crippen molar-refractivity contribution in [1.29, 1.82) is 0 Å². The lowest BCUT2D eigenvalue weighted by atomic mass is 9.99. The highest BCUT2D eigenvalue weighted by atomic mass is 32.1. The molecule has 1 aliphatic heterocycles. The van der Waals surface area contributed by atoms with Gasteiger partial charge >= 0.3 is 5.97 Å². The Balaban J connectivity index is 2.37. The summed E-state index contributed by atoms with van der Waals surface area (Å²) in [6.45, 7) is 2.00. The number of carbonyl (C=O) groups is 2. The second-order valence-electron chi connectivity index (χ2n) is 4.11. The highest BCUT2D eigenvalue weighted by Crippen LogP contribution is 2.33. The Hall–Kier alpha value is -1.40. The van der Waals surface area contributed by atoms with Crippen molar-refractivity contribution < 1.29 is 14.7 Å². The van der Waals surface area contributed by atoms with E-state index in [1.807, 2.05) is 5.38 Å². The van der Waals surface area contributed by atoms with Gasteiger partial charge in [-0.2, -0.15) is 0 Å². The van der Waals surface area contributed by atoms with Crippen LogP contribution >= 0.6 is 11.3 Å². The lowest BCUT2D eigenvalue weighted by Crippen LogP contribution is -2.48. The van der Waals surface area contributed by atoms with E-state index in [2.05, 4.69) is 0 Å². The van der Waals surface area contributed by atoms with E-state index in [0.717, 1.165) is 10.4 Å². The van der Waals surface area contributed by atoms with E-state index in [0.29, 0.717) is 13.0 Å². The quantitative estimate of drug-likeness (QED) is 0.809. The number of carboxylic acid groups (broad SMARTS) is 1. The summed E-state index contributed by atoms with van der Waals surface area (Å²) in [6.07, 6.45) is 0.704. The van der Waals surface area contributed by atoms with E-state index in [1.165, 1.54) is 16.2 Å². The van der Waals surface area contributed by atoms with Crippen LogP contribution in [0.1, 0.15) is 23.4 Å². The summed E-state index contributed by atoms with van der Waals surface area (Å²) >= 11 is 1.54. The van der Waals surface area contributed by atoms with Crippen molar-refractivity contribution in [2.45, 2.75) is 25.4 Å². The van der Waals surface area contributed by atoms with E-state index in [9.17, 15) is 14.7 Å². The first-order chi connectivity index (χ1) is 8.02. The number of aliphatic carboxylic acids is 1. The fraction of sp³-hybridized carbons (Fsp3) is 0.455. The van der Waals surface area contributed by atoms with Crippen molar-refractivity contribution in [3.05, 3.63) is 21.9 Å². The molecule has 5 nitrogen and oxygen atoms in total. The normalized spacial score (nSPS) is 20.8. The first-order valence-electron chi connectivity index (χ1n) is 5.37. The van der Waals surface area contributed by atoms with Gasteiger partial charge in [-0.3, -0.25) is 4.79 Å². The summed E-state index contributed by atoms with van der Waals surface area (Å²) in [5, 5.41) is 11.1. The van der Waals surface area contributed by atoms with Gasteiger partial charge in [-0.1, -0.05) is 0 Å². The Labute approximate surface area is 103 Å². The van der Waals surface area contributed by atoms with Crippen LogP contribution in [0, 0.1) is 0 Å². The van der Waals surface area contributed by atoms with Gasteiger partial charge in [0.15, 0.2) is 6.04 Å². The number of hydrogen-bond acceptors (Lipinski definition) is 4. The number of fused-ring (bicyclic) bond motifs is 1. The molecule has 0 aromatic carbocycles. The largest absolute Gasteiger partial charge is 0.479 e. The lowest BCUT2D eigenvalue weighted by molar-refractivity contribution is -0.151. The Morgan fingerprint density at radius 3 is 2.94 bits per heavy atom. The Kier molecular flexibility index (Phi) is 3.17. The van der Waals surface area contributed by atoms with Gasteiger partial charge in [0, 0.05) is 11.4 Å². The number of hydrogen-bond donors (Lipinski definition) is 2. The Bertz CT molecular complexity index is 455. The zero-order valence-corrected chi connectivity index (χ0v) is 10.2. The molecule has 1 aromatic rings. The van der Waals surface area contributed by atoms with Crippen LogP contribution in [0.2, 0.25) is 0 Å². The minimum atomic E-state index is -1.00. The highest BCUT2D eigenvalue weighted by Gasteiger charge is 2.37. The maximum absolute atomic E-state index is 11.9. The average molecular weight is 254 g/mol. The first kappa shape index (κ1) is 12.1. The van der Waals surface area contributed by atoms with Crippen LogP contribution in [-0.2, 0) is 16.0 Å². The van der Waals surface area contributed by atoms with Crippen LogP contribution in [0.5, 0.6) is 0 Å². The van der Waals surface area contributed by atoms with Crippen molar-refractivity contribution in [2.75, 3.05) is 6.54 Å². The summed E-state index contributed by atoms with van der Waals surface area (Å²) in [5.74, 6) is -1.31. The van der Waals surface area contributed by atoms with Crippen LogP contribution in [0.25, 0.3) is 0 Å². The minimum Gasteiger partial charge on any atom is -0.479 e. The SMILES string of the molecule is CC(N)C(=O)N1CCc2sccc2C1C(=O)O. The average Bonchev–Trinajstić information content (AvgIpc) is 2.73. The van der Waals surface area contributed by atoms with Gasteiger partial charge in [0.25, 0.3) is 0 Å². The number of nitrogens with two attached hydrogens (primary N) is 1. The molecular weight excluding hydrogens is 240 g/mol. The molecule has 0 fully saturated rings. The third-order valence-electron chi connectivity index (χ3n) is 2.87. The molecule has 0 saturated heterocycles. The van der Waals surface area contributed by atoms with Crippen LogP contribution in [0.4, 0.5) is 0 Å². The minimum absolute atomic E-state index is 0.311. The molecule has 2 unspecified atom stereocenters. The second-order valence-corrected chi connectivity index (χ2v) is 5.11. The molecule has 0 saturated carbocycles. The van der Waals surface area contributed by atoms with Crippen molar-refractivity contribution in [1.82, 2.24) is 4.90 Å². The molecule has 17 heavy (non-hydrogen) atoms. The van der Waals surface area contributed by atoms with Gasteiger partial charge in [-0.05, 0) is 30.4 Å². The van der Waals surface area contributed by atoms with E-state index in [-0.39, 0.29) is 5.91 Å². The molecule has 0 radical (unpaired) electrons. The molecule has 3 N–H and O–H groups in total. The third kappa shape index (κ3) is 2.05. The lowest BCUT2D eigenvalue weighted by Gasteiger charge is -2.34. The topological polar surface area (TPSA) is 83.6 Å². The van der Waals surface area contributed by atoms with E-state index in [1.54, 1.807) is 13.0 Å². The maximum Gasteiger partial charge on any atom is 0.331 e. The van der Waals surface area contributed by atoms with Crippen molar-refractivity contribution >= 4 is 23.2 Å². The summed E-state index contributed by atoms with van der Waals surface area (Å²) in [4.78, 5) is 25.6. The second kappa shape index (κ2) is 4.46. The standard InChI is InChI=1S/C11H14N2O3S/c1-6(12)10(14)13-4-2-8-7(3-5-17-8)9(13)11(15)16/h3,5-6,9H,2,4,12H2,1H3,(H,15,16). The van der Waals surface area contributed by atoms with Gasteiger partial charge in [0.2, 0.25) is 5.91 Å². The number of rotatable bonds is 2. The van der Waals surface area contributed by atoms with E-state index < -0.39 is 18.1 Å². The van der Waals surface area contributed by atoms with Crippen LogP contribution in [0.15, 0.2) is 11.4 Å². The van der Waals surface area contributed by atoms with Gasteiger partial charge in [0.05, 0.1) is 6.04 Å². The molecule has 1 amide bonds. The Morgan fingerprint density at radius 1 is 1.65 bits per heavy atom. The third-order valence-corrected chi connectivity index (χ3v) is 3.87. The van der Waals surface area contributed by atoms with Gasteiger partial charge in [-0.25, -0.2) is 4.79 Å². The molecule has 0 bridgehead atoms. The summed E-state index contributed by atoms with van der Waals surface area (Å²) in [5.41, 5.74) is 6.27. The number of carbonyl (C=O) groups excluding carboxylic acids is 1. The van der Waals surface area contributed by atoms with Gasteiger partial charge < -0.3 is 15.7 Å². The van der Waals surface area contributed by atoms with E-state index >= 15 is 0 Å². The summed E-state index contributed by atoms with van der Waals surface area (Å²) in [7, 11) is 0. The maximum atomic E-state index is 11.9. The molecule has 6 heteroatoms. The molecule has 1 aromatic heterocycles. The van der Waals surface area contributed by atoms with Gasteiger partial charge in [-0.15, -0.1) is 11.3 Å². The van der Waals surface area contributed by atoms with Crippen molar-refractivity contribution in [3.63, 3.8) is 0 Å². The number of thiophene rings is 1. The van der Waals surface area contributed by atoms with Crippen molar-refractivity contribution in [3.8, 4) is 0 Å². The molecule has 1 aliphatic rings. The summed E-state index contributed by atoms with van der Waals surface area (Å²) in [6, 6.07) is 0.222. The monoisotopic (exact) mass is 254 g/mol. The fourth-order valence-electron chi connectivity index (χ4n) is 2.08. The molecule has 0 spiro atoms. The van der Waals surface area contributed by atoms with Crippen LogP contribution in [-0.4, -0.2) is 34.5 Å². The molecular formula is C11H14N2O3S. The van der Waals surface area contributed by atoms with E-state index in [4.69, 9.17) is 5.73 Å². The number of nitrogens with zero attached hydrogens (tertiary/aromatic N) is 1.